The lowest BCUT2D eigenvalue weighted by molar-refractivity contribution is -0.118. The monoisotopic (exact) mass is 430 g/mol. The summed E-state index contributed by atoms with van der Waals surface area (Å²) in [6.07, 6.45) is 0. The fourth-order valence-electron chi connectivity index (χ4n) is 2.04. The zero-order valence-electron chi connectivity index (χ0n) is 13.5. The number of nitrogens with one attached hydrogen (secondary N) is 1. The van der Waals surface area contributed by atoms with Gasteiger partial charge in [-0.1, -0.05) is 0 Å². The third kappa shape index (κ3) is 5.00. The molecule has 0 radical (unpaired) electrons. The van der Waals surface area contributed by atoms with E-state index in [-0.39, 0.29) is 11.5 Å². The van der Waals surface area contributed by atoms with Crippen LogP contribution in [0, 0.1) is 19.7 Å². The molecule has 2 rings (SSSR count). The van der Waals surface area contributed by atoms with Gasteiger partial charge in [0.2, 0.25) is 10.0 Å². The molecule has 0 saturated carbocycles. The van der Waals surface area contributed by atoms with Crippen molar-refractivity contribution in [2.75, 3.05) is 11.9 Å². The summed E-state index contributed by atoms with van der Waals surface area (Å²) in [7, 11) is -3.89. The molecule has 0 aliphatic rings. The van der Waals surface area contributed by atoms with Crippen LogP contribution in [0.4, 0.5) is 10.1 Å². The average molecular weight is 431 g/mol. The largest absolute Gasteiger partial charge is 0.483 e. The van der Waals surface area contributed by atoms with Crippen molar-refractivity contribution in [2.45, 2.75) is 18.7 Å². The summed E-state index contributed by atoms with van der Waals surface area (Å²) in [5, 5.41) is 7.73. The lowest BCUT2D eigenvalue weighted by atomic mass is 10.1. The third-order valence-electron chi connectivity index (χ3n) is 3.50. The van der Waals surface area contributed by atoms with Crippen molar-refractivity contribution in [3.63, 3.8) is 0 Å². The SMILES string of the molecule is Cc1cc(S(N)(=O)=O)cc(NC(=O)COc2ccc(F)cc2Br)c1C. The number of rotatable bonds is 5. The van der Waals surface area contributed by atoms with Crippen molar-refractivity contribution in [1.29, 1.82) is 0 Å². The molecule has 0 saturated heterocycles. The van der Waals surface area contributed by atoms with Crippen LogP contribution in [0.15, 0.2) is 39.7 Å². The molecule has 134 valence electrons. The van der Waals surface area contributed by atoms with Crippen LogP contribution in [0.1, 0.15) is 11.1 Å². The highest BCUT2D eigenvalue weighted by Crippen LogP contribution is 2.26. The number of aryl methyl sites for hydroxylation is 1. The van der Waals surface area contributed by atoms with Crippen molar-refractivity contribution in [1.82, 2.24) is 0 Å². The quantitative estimate of drug-likeness (QED) is 0.761. The summed E-state index contributed by atoms with van der Waals surface area (Å²) in [4.78, 5) is 12.0. The number of anilines is 1. The number of halogens is 2. The topological polar surface area (TPSA) is 98.5 Å². The van der Waals surface area contributed by atoms with Gasteiger partial charge in [-0.05, 0) is 71.2 Å². The number of carbonyl (C=O) groups is 1. The van der Waals surface area contributed by atoms with Crippen LogP contribution in [0.25, 0.3) is 0 Å². The fourth-order valence-corrected chi connectivity index (χ4v) is 3.13. The maximum absolute atomic E-state index is 13.0. The van der Waals surface area contributed by atoms with Crippen LogP contribution < -0.4 is 15.2 Å². The molecule has 2 aromatic rings. The summed E-state index contributed by atoms with van der Waals surface area (Å²) >= 11 is 3.14. The number of benzene rings is 2. The maximum atomic E-state index is 13.0. The molecular formula is C16H16BrFN2O4S. The van der Waals surface area contributed by atoms with E-state index in [2.05, 4.69) is 21.2 Å². The number of ether oxygens (including phenoxy) is 1. The van der Waals surface area contributed by atoms with Gasteiger partial charge < -0.3 is 10.1 Å². The van der Waals surface area contributed by atoms with E-state index in [0.717, 1.165) is 0 Å². The van der Waals surface area contributed by atoms with Gasteiger partial charge in [-0.25, -0.2) is 17.9 Å². The Labute approximate surface area is 153 Å². The van der Waals surface area contributed by atoms with E-state index in [9.17, 15) is 17.6 Å². The molecule has 0 aliphatic carbocycles. The van der Waals surface area contributed by atoms with Crippen LogP contribution in [0.3, 0.4) is 0 Å². The van der Waals surface area contributed by atoms with E-state index in [1.165, 1.54) is 30.3 Å². The second-order valence-corrected chi connectivity index (χ2v) is 7.79. The first-order valence-corrected chi connectivity index (χ1v) is 9.43. The lowest BCUT2D eigenvalue weighted by Gasteiger charge is -2.13. The van der Waals surface area contributed by atoms with Crippen molar-refractivity contribution >= 4 is 37.5 Å². The summed E-state index contributed by atoms with van der Waals surface area (Å²) < 4.78 is 41.8. The molecule has 25 heavy (non-hydrogen) atoms. The van der Waals surface area contributed by atoms with E-state index in [1.54, 1.807) is 13.8 Å². The van der Waals surface area contributed by atoms with E-state index in [1.807, 2.05) is 0 Å². The van der Waals surface area contributed by atoms with Crippen LogP contribution in [-0.4, -0.2) is 20.9 Å². The molecule has 0 atom stereocenters. The van der Waals surface area contributed by atoms with Gasteiger partial charge in [0, 0.05) is 5.69 Å². The van der Waals surface area contributed by atoms with Crippen molar-refractivity contribution in [3.8, 4) is 5.75 Å². The average Bonchev–Trinajstić information content (AvgIpc) is 2.49. The first kappa shape index (κ1) is 19.4. The Hall–Kier alpha value is -1.97. The van der Waals surface area contributed by atoms with Crippen LogP contribution in [-0.2, 0) is 14.8 Å². The molecule has 0 fully saturated rings. The van der Waals surface area contributed by atoms with E-state index < -0.39 is 21.7 Å². The Morgan fingerprint density at radius 2 is 1.96 bits per heavy atom. The molecule has 1 amide bonds. The van der Waals surface area contributed by atoms with Gasteiger partial charge >= 0.3 is 0 Å². The fraction of sp³-hybridized carbons (Fsp3) is 0.188. The minimum absolute atomic E-state index is 0.0897. The molecule has 0 unspecified atom stereocenters. The molecule has 3 N–H and O–H groups in total. The van der Waals surface area contributed by atoms with E-state index in [0.29, 0.717) is 27.0 Å². The highest BCUT2D eigenvalue weighted by Gasteiger charge is 2.15. The molecular weight excluding hydrogens is 415 g/mol. The molecule has 9 heteroatoms. The number of amides is 1. The van der Waals surface area contributed by atoms with Gasteiger partial charge in [-0.2, -0.15) is 0 Å². The maximum Gasteiger partial charge on any atom is 0.262 e. The van der Waals surface area contributed by atoms with Crippen molar-refractivity contribution in [3.05, 3.63) is 51.7 Å². The first-order chi connectivity index (χ1) is 11.6. The number of sulfonamides is 1. The van der Waals surface area contributed by atoms with Gasteiger partial charge in [0.15, 0.2) is 6.61 Å². The Bertz CT molecular complexity index is 932. The minimum Gasteiger partial charge on any atom is -0.483 e. The highest BCUT2D eigenvalue weighted by atomic mass is 79.9. The van der Waals surface area contributed by atoms with E-state index >= 15 is 0 Å². The number of carbonyl (C=O) groups excluding carboxylic acids is 1. The van der Waals surface area contributed by atoms with Gasteiger partial charge in [-0.3, -0.25) is 4.79 Å². The molecule has 0 heterocycles. The predicted molar refractivity (Wildman–Crippen MR) is 95.5 cm³/mol. The van der Waals surface area contributed by atoms with Gasteiger partial charge in [0.25, 0.3) is 5.91 Å². The highest BCUT2D eigenvalue weighted by molar-refractivity contribution is 9.10. The summed E-state index contributed by atoms with van der Waals surface area (Å²) in [5.74, 6) is -0.623. The first-order valence-electron chi connectivity index (χ1n) is 7.09. The number of nitrogens with two attached hydrogens (primary N) is 1. The van der Waals surface area contributed by atoms with Crippen molar-refractivity contribution in [2.24, 2.45) is 5.14 Å². The van der Waals surface area contributed by atoms with Crippen molar-refractivity contribution < 1.29 is 22.3 Å². The standard InChI is InChI=1S/C16H16BrFN2O4S/c1-9-5-12(25(19,22)23)7-14(10(9)2)20-16(21)8-24-15-4-3-11(18)6-13(15)17/h3-7H,8H2,1-2H3,(H,20,21)(H2,19,22,23). The Morgan fingerprint density at radius 3 is 2.56 bits per heavy atom. The Kier molecular flexibility index (Phi) is 5.81. The lowest BCUT2D eigenvalue weighted by Crippen LogP contribution is -2.21. The van der Waals surface area contributed by atoms with Crippen LogP contribution in [0.2, 0.25) is 0 Å². The summed E-state index contributed by atoms with van der Waals surface area (Å²) in [6, 6.07) is 6.55. The number of primary sulfonamides is 1. The Morgan fingerprint density at radius 1 is 1.28 bits per heavy atom. The Balaban J connectivity index is 2.14. The zero-order chi connectivity index (χ0) is 18.8. The van der Waals surface area contributed by atoms with Crippen LogP contribution >= 0.6 is 15.9 Å². The molecule has 6 nitrogen and oxygen atoms in total. The second-order valence-electron chi connectivity index (χ2n) is 5.37. The molecule has 0 aliphatic heterocycles. The van der Waals surface area contributed by atoms with E-state index in [4.69, 9.17) is 9.88 Å². The number of hydrogen-bond acceptors (Lipinski definition) is 4. The molecule has 0 spiro atoms. The predicted octanol–water partition coefficient (Wildman–Crippen LogP) is 2.87. The van der Waals surface area contributed by atoms with Crippen LogP contribution in [0.5, 0.6) is 5.75 Å². The molecule has 0 aromatic heterocycles. The minimum atomic E-state index is -3.89. The number of hydrogen-bond donors (Lipinski definition) is 2. The summed E-state index contributed by atoms with van der Waals surface area (Å²) in [5.41, 5.74) is 1.71. The smallest absolute Gasteiger partial charge is 0.262 e. The normalized spacial score (nSPS) is 11.2. The van der Waals surface area contributed by atoms with Gasteiger partial charge in [0.1, 0.15) is 11.6 Å². The molecule has 0 bridgehead atoms. The second kappa shape index (κ2) is 7.51. The third-order valence-corrected chi connectivity index (χ3v) is 5.01. The van der Waals surface area contributed by atoms with Gasteiger partial charge in [0.05, 0.1) is 9.37 Å². The molecule has 2 aromatic carbocycles. The summed E-state index contributed by atoms with van der Waals surface area (Å²) in [6.45, 7) is 3.13. The van der Waals surface area contributed by atoms with Gasteiger partial charge in [-0.15, -0.1) is 0 Å². The zero-order valence-corrected chi connectivity index (χ0v) is 15.9.